The van der Waals surface area contributed by atoms with Crippen molar-refractivity contribution in [2.45, 2.75) is 6.92 Å². The van der Waals surface area contributed by atoms with E-state index < -0.39 is 0 Å². The third-order valence-corrected chi connectivity index (χ3v) is 3.00. The molecule has 2 N–H and O–H groups in total. The van der Waals surface area contributed by atoms with Gasteiger partial charge in [0.25, 0.3) is 0 Å². The molecule has 0 saturated heterocycles. The van der Waals surface area contributed by atoms with E-state index in [2.05, 4.69) is 29.4 Å². The van der Waals surface area contributed by atoms with Gasteiger partial charge in [-0.25, -0.2) is 4.68 Å². The summed E-state index contributed by atoms with van der Waals surface area (Å²) in [5.41, 5.74) is 10.5. The molecule has 0 fully saturated rings. The minimum absolute atomic E-state index is 0.707. The van der Waals surface area contributed by atoms with E-state index in [1.165, 1.54) is 5.56 Å². The van der Waals surface area contributed by atoms with Crippen LogP contribution in [0.15, 0.2) is 54.7 Å². The molecule has 0 saturated carbocycles. The van der Waals surface area contributed by atoms with Crippen LogP contribution < -0.4 is 5.73 Å². The standard InChI is InChI=1S/C15H14N4/c1-11-5-4-6-12(9-11)19-10-15(17-18-19)13-7-2-3-8-14(13)16/h2-10H,16H2,1H3. The molecule has 0 radical (unpaired) electrons. The summed E-state index contributed by atoms with van der Waals surface area (Å²) in [6, 6.07) is 15.8. The van der Waals surface area contributed by atoms with Crippen molar-refractivity contribution in [3.63, 3.8) is 0 Å². The monoisotopic (exact) mass is 250 g/mol. The van der Waals surface area contributed by atoms with Crippen molar-refractivity contribution in [2.24, 2.45) is 0 Å². The van der Waals surface area contributed by atoms with Gasteiger partial charge >= 0.3 is 0 Å². The topological polar surface area (TPSA) is 56.7 Å². The molecule has 0 aliphatic carbocycles. The van der Waals surface area contributed by atoms with Gasteiger partial charge in [0.2, 0.25) is 0 Å². The minimum atomic E-state index is 0.707. The number of nitrogens with two attached hydrogens (primary N) is 1. The van der Waals surface area contributed by atoms with Crippen LogP contribution in [0.25, 0.3) is 16.9 Å². The van der Waals surface area contributed by atoms with Crippen molar-refractivity contribution in [3.8, 4) is 16.9 Å². The Morgan fingerprint density at radius 1 is 1.05 bits per heavy atom. The summed E-state index contributed by atoms with van der Waals surface area (Å²) in [5.74, 6) is 0. The van der Waals surface area contributed by atoms with E-state index in [9.17, 15) is 0 Å². The fourth-order valence-corrected chi connectivity index (χ4v) is 2.01. The zero-order chi connectivity index (χ0) is 13.2. The highest BCUT2D eigenvalue weighted by atomic mass is 15.4. The predicted molar refractivity (Wildman–Crippen MR) is 75.9 cm³/mol. The first-order valence-corrected chi connectivity index (χ1v) is 6.08. The van der Waals surface area contributed by atoms with Gasteiger partial charge in [0.15, 0.2) is 0 Å². The number of nitrogen functional groups attached to an aromatic ring is 1. The van der Waals surface area contributed by atoms with Crippen LogP contribution >= 0.6 is 0 Å². The summed E-state index contributed by atoms with van der Waals surface area (Å²) in [4.78, 5) is 0. The molecule has 0 atom stereocenters. The van der Waals surface area contributed by atoms with Crippen molar-refractivity contribution in [3.05, 3.63) is 60.3 Å². The molecule has 4 heteroatoms. The van der Waals surface area contributed by atoms with Crippen molar-refractivity contribution in [2.75, 3.05) is 5.73 Å². The Labute approximate surface area is 111 Å². The summed E-state index contributed by atoms with van der Waals surface area (Å²) in [6.45, 7) is 2.05. The van der Waals surface area contributed by atoms with Crippen LogP contribution in [0.5, 0.6) is 0 Å². The molecule has 94 valence electrons. The van der Waals surface area contributed by atoms with Crippen molar-refractivity contribution < 1.29 is 0 Å². The Morgan fingerprint density at radius 3 is 2.68 bits per heavy atom. The molecular formula is C15H14N4. The summed E-state index contributed by atoms with van der Waals surface area (Å²) in [6.07, 6.45) is 1.89. The van der Waals surface area contributed by atoms with Crippen LogP contribution in [0.3, 0.4) is 0 Å². The van der Waals surface area contributed by atoms with Gasteiger partial charge in [-0.1, -0.05) is 35.5 Å². The van der Waals surface area contributed by atoms with Gasteiger partial charge in [0.1, 0.15) is 5.69 Å². The van der Waals surface area contributed by atoms with E-state index in [0.29, 0.717) is 5.69 Å². The smallest absolute Gasteiger partial charge is 0.115 e. The van der Waals surface area contributed by atoms with Crippen LogP contribution in [0.4, 0.5) is 5.69 Å². The number of aryl methyl sites for hydroxylation is 1. The van der Waals surface area contributed by atoms with Crippen LogP contribution in [0, 0.1) is 6.92 Å². The first kappa shape index (κ1) is 11.5. The molecule has 1 heterocycles. The number of anilines is 1. The van der Waals surface area contributed by atoms with Crippen molar-refractivity contribution in [1.29, 1.82) is 0 Å². The normalized spacial score (nSPS) is 10.6. The van der Waals surface area contributed by atoms with Crippen LogP contribution in [-0.2, 0) is 0 Å². The number of para-hydroxylation sites is 1. The Morgan fingerprint density at radius 2 is 1.89 bits per heavy atom. The number of hydrogen-bond donors (Lipinski definition) is 1. The van der Waals surface area contributed by atoms with E-state index in [-0.39, 0.29) is 0 Å². The molecule has 1 aromatic heterocycles. The Bertz CT molecular complexity index is 715. The molecule has 4 nitrogen and oxygen atoms in total. The molecule has 0 aliphatic heterocycles. The molecule has 0 spiro atoms. The lowest BCUT2D eigenvalue weighted by Crippen LogP contribution is -1.94. The highest BCUT2D eigenvalue weighted by Gasteiger charge is 2.07. The van der Waals surface area contributed by atoms with Gasteiger partial charge in [0, 0.05) is 11.3 Å². The predicted octanol–water partition coefficient (Wildman–Crippen LogP) is 2.82. The van der Waals surface area contributed by atoms with Gasteiger partial charge in [-0.2, -0.15) is 0 Å². The average Bonchev–Trinajstić information content (AvgIpc) is 2.89. The maximum absolute atomic E-state index is 5.95. The number of aromatic nitrogens is 3. The Hall–Kier alpha value is -2.62. The molecular weight excluding hydrogens is 236 g/mol. The molecule has 3 aromatic rings. The highest BCUT2D eigenvalue weighted by molar-refractivity contribution is 5.72. The molecule has 0 aliphatic rings. The van der Waals surface area contributed by atoms with E-state index in [4.69, 9.17) is 5.73 Å². The zero-order valence-electron chi connectivity index (χ0n) is 10.6. The van der Waals surface area contributed by atoms with Gasteiger partial charge in [-0.05, 0) is 30.7 Å². The number of rotatable bonds is 2. The fraction of sp³-hybridized carbons (Fsp3) is 0.0667. The van der Waals surface area contributed by atoms with E-state index in [0.717, 1.165) is 16.9 Å². The van der Waals surface area contributed by atoms with Gasteiger partial charge in [-0.3, -0.25) is 0 Å². The SMILES string of the molecule is Cc1cccc(-n2cc(-c3ccccc3N)nn2)c1. The Balaban J connectivity index is 2.03. The van der Waals surface area contributed by atoms with Crippen molar-refractivity contribution >= 4 is 5.69 Å². The molecule has 19 heavy (non-hydrogen) atoms. The summed E-state index contributed by atoms with van der Waals surface area (Å²) < 4.78 is 1.76. The summed E-state index contributed by atoms with van der Waals surface area (Å²) in [7, 11) is 0. The maximum Gasteiger partial charge on any atom is 0.115 e. The lowest BCUT2D eigenvalue weighted by molar-refractivity contribution is 0.803. The quantitative estimate of drug-likeness (QED) is 0.711. The third kappa shape index (κ3) is 2.20. The number of nitrogens with zero attached hydrogens (tertiary/aromatic N) is 3. The van der Waals surface area contributed by atoms with Gasteiger partial charge in [-0.15, -0.1) is 5.10 Å². The average molecular weight is 250 g/mol. The largest absolute Gasteiger partial charge is 0.398 e. The minimum Gasteiger partial charge on any atom is -0.398 e. The summed E-state index contributed by atoms with van der Waals surface area (Å²) in [5, 5.41) is 8.34. The van der Waals surface area contributed by atoms with E-state index in [1.54, 1.807) is 4.68 Å². The van der Waals surface area contributed by atoms with Gasteiger partial charge < -0.3 is 5.73 Å². The summed E-state index contributed by atoms with van der Waals surface area (Å²) >= 11 is 0. The van der Waals surface area contributed by atoms with Gasteiger partial charge in [0.05, 0.1) is 11.9 Å². The molecule has 0 bridgehead atoms. The van der Waals surface area contributed by atoms with Crippen molar-refractivity contribution in [1.82, 2.24) is 15.0 Å². The molecule has 0 amide bonds. The molecule has 3 rings (SSSR count). The molecule has 2 aromatic carbocycles. The first-order chi connectivity index (χ1) is 9.24. The lowest BCUT2D eigenvalue weighted by atomic mass is 10.1. The second-order valence-electron chi connectivity index (χ2n) is 4.47. The first-order valence-electron chi connectivity index (χ1n) is 6.08. The lowest BCUT2D eigenvalue weighted by Gasteiger charge is -2.01. The zero-order valence-corrected chi connectivity index (χ0v) is 10.6. The van der Waals surface area contributed by atoms with Crippen LogP contribution in [-0.4, -0.2) is 15.0 Å². The molecule has 0 unspecified atom stereocenters. The fourth-order valence-electron chi connectivity index (χ4n) is 2.01. The van der Waals surface area contributed by atoms with Crippen LogP contribution in [0.2, 0.25) is 0 Å². The second-order valence-corrected chi connectivity index (χ2v) is 4.47. The second kappa shape index (κ2) is 4.57. The highest BCUT2D eigenvalue weighted by Crippen LogP contribution is 2.23. The number of hydrogen-bond acceptors (Lipinski definition) is 3. The maximum atomic E-state index is 5.95. The number of benzene rings is 2. The third-order valence-electron chi connectivity index (χ3n) is 3.00. The Kier molecular flexibility index (Phi) is 2.76. The van der Waals surface area contributed by atoms with Crippen LogP contribution in [0.1, 0.15) is 5.56 Å². The van der Waals surface area contributed by atoms with E-state index in [1.807, 2.05) is 42.6 Å². The van der Waals surface area contributed by atoms with E-state index >= 15 is 0 Å².